The minimum absolute atomic E-state index is 0.0455. The SMILES string of the molecule is CC1(C)CCC[C@]2(C)[C@@H]1CC[C@@]13CC(=O)[C@@](C)(CC[C@H]12)C3. The van der Waals surface area contributed by atoms with Crippen molar-refractivity contribution in [3.63, 3.8) is 0 Å². The Morgan fingerprint density at radius 2 is 1.62 bits per heavy atom. The fourth-order valence-corrected chi connectivity index (χ4v) is 7.83. The van der Waals surface area contributed by atoms with Crippen LogP contribution in [0.25, 0.3) is 0 Å². The lowest BCUT2D eigenvalue weighted by atomic mass is 9.40. The molecule has 4 aliphatic carbocycles. The summed E-state index contributed by atoms with van der Waals surface area (Å²) in [4.78, 5) is 12.6. The quantitative estimate of drug-likeness (QED) is 0.585. The van der Waals surface area contributed by atoms with Gasteiger partial charge in [0.25, 0.3) is 0 Å². The van der Waals surface area contributed by atoms with Gasteiger partial charge in [-0.2, -0.15) is 0 Å². The number of carbonyl (C=O) groups excluding carboxylic acids is 1. The van der Waals surface area contributed by atoms with Crippen LogP contribution in [0.15, 0.2) is 0 Å². The van der Waals surface area contributed by atoms with E-state index in [0.29, 0.717) is 22.0 Å². The molecule has 21 heavy (non-hydrogen) atoms. The molecule has 0 radical (unpaired) electrons. The Bertz CT molecular complexity index is 492. The van der Waals surface area contributed by atoms with Crippen LogP contribution in [0.3, 0.4) is 0 Å². The molecule has 4 rings (SSSR count). The van der Waals surface area contributed by atoms with E-state index in [2.05, 4.69) is 27.7 Å². The van der Waals surface area contributed by atoms with Crippen molar-refractivity contribution in [2.45, 2.75) is 85.5 Å². The van der Waals surface area contributed by atoms with Gasteiger partial charge in [0.2, 0.25) is 0 Å². The first kappa shape index (κ1) is 14.3. The van der Waals surface area contributed by atoms with Crippen LogP contribution in [0, 0.1) is 33.5 Å². The van der Waals surface area contributed by atoms with Crippen molar-refractivity contribution in [1.29, 1.82) is 0 Å². The maximum atomic E-state index is 12.6. The number of carbonyl (C=O) groups is 1. The van der Waals surface area contributed by atoms with Gasteiger partial charge in [-0.05, 0) is 73.0 Å². The molecule has 4 aliphatic rings. The summed E-state index contributed by atoms with van der Waals surface area (Å²) in [5.74, 6) is 2.31. The molecule has 1 nitrogen and oxygen atoms in total. The van der Waals surface area contributed by atoms with Gasteiger partial charge in [0.05, 0.1) is 0 Å². The molecule has 1 spiro atoms. The molecule has 0 aliphatic heterocycles. The summed E-state index contributed by atoms with van der Waals surface area (Å²) in [6, 6.07) is 0. The smallest absolute Gasteiger partial charge is 0.139 e. The molecule has 4 fully saturated rings. The lowest BCUT2D eigenvalue weighted by molar-refractivity contribution is -0.149. The number of fused-ring (bicyclic) bond motifs is 3. The summed E-state index contributed by atoms with van der Waals surface area (Å²) in [5, 5.41) is 0. The van der Waals surface area contributed by atoms with Gasteiger partial charge >= 0.3 is 0 Å². The van der Waals surface area contributed by atoms with E-state index in [1.807, 2.05) is 0 Å². The highest BCUT2D eigenvalue weighted by atomic mass is 16.1. The van der Waals surface area contributed by atoms with E-state index in [4.69, 9.17) is 0 Å². The first-order chi connectivity index (χ1) is 9.72. The van der Waals surface area contributed by atoms with Gasteiger partial charge in [0.1, 0.15) is 5.78 Å². The number of Topliss-reactive ketones (excluding diaryl/α,β-unsaturated/α-hetero) is 1. The van der Waals surface area contributed by atoms with Gasteiger partial charge in [-0.1, -0.05) is 34.1 Å². The van der Waals surface area contributed by atoms with E-state index in [0.717, 1.165) is 18.3 Å². The lowest BCUT2D eigenvalue weighted by Gasteiger charge is -2.64. The number of rotatable bonds is 0. The average molecular weight is 288 g/mol. The maximum Gasteiger partial charge on any atom is 0.139 e. The van der Waals surface area contributed by atoms with Gasteiger partial charge in [-0.25, -0.2) is 0 Å². The standard InChI is InChI=1S/C20H32O/c1-17(2)8-5-9-19(4)14(17)7-11-20-12-16(21)18(3,13-20)10-6-15(19)20/h14-15H,5-13H2,1-4H3/t14-,15+,18+,19-,20+/m1/s1. The van der Waals surface area contributed by atoms with Crippen molar-refractivity contribution in [3.05, 3.63) is 0 Å². The van der Waals surface area contributed by atoms with E-state index in [-0.39, 0.29) is 5.41 Å². The normalized spacial score (nSPS) is 55.0. The molecule has 0 aromatic heterocycles. The predicted molar refractivity (Wildman–Crippen MR) is 86.0 cm³/mol. The third-order valence-corrected chi connectivity index (χ3v) is 8.65. The fourth-order valence-electron chi connectivity index (χ4n) is 7.83. The van der Waals surface area contributed by atoms with Gasteiger partial charge in [-0.15, -0.1) is 0 Å². The molecule has 5 atom stereocenters. The van der Waals surface area contributed by atoms with E-state index in [1.165, 1.54) is 51.4 Å². The van der Waals surface area contributed by atoms with Crippen LogP contribution in [0.2, 0.25) is 0 Å². The number of hydrogen-bond donors (Lipinski definition) is 0. The Morgan fingerprint density at radius 3 is 2.38 bits per heavy atom. The van der Waals surface area contributed by atoms with Crippen LogP contribution < -0.4 is 0 Å². The topological polar surface area (TPSA) is 17.1 Å². The predicted octanol–water partition coefficient (Wildman–Crippen LogP) is 5.38. The Kier molecular flexibility index (Phi) is 2.68. The average Bonchev–Trinajstić information content (AvgIpc) is 2.54. The third-order valence-electron chi connectivity index (χ3n) is 8.65. The van der Waals surface area contributed by atoms with Crippen molar-refractivity contribution >= 4 is 5.78 Å². The summed E-state index contributed by atoms with van der Waals surface area (Å²) in [6.07, 6.45) is 11.6. The molecule has 0 saturated heterocycles. The Balaban J connectivity index is 1.75. The minimum Gasteiger partial charge on any atom is -0.299 e. The van der Waals surface area contributed by atoms with Gasteiger partial charge in [-0.3, -0.25) is 4.79 Å². The van der Waals surface area contributed by atoms with Crippen LogP contribution in [0.5, 0.6) is 0 Å². The molecule has 0 unspecified atom stereocenters. The second kappa shape index (κ2) is 3.95. The van der Waals surface area contributed by atoms with Crippen molar-refractivity contribution in [2.75, 3.05) is 0 Å². The number of hydrogen-bond acceptors (Lipinski definition) is 1. The molecule has 118 valence electrons. The Labute approximate surface area is 130 Å². The lowest BCUT2D eigenvalue weighted by Crippen LogP contribution is -2.56. The second-order valence-electron chi connectivity index (χ2n) is 10.2. The molecule has 2 bridgehead atoms. The molecule has 0 heterocycles. The van der Waals surface area contributed by atoms with Gasteiger partial charge in [0.15, 0.2) is 0 Å². The van der Waals surface area contributed by atoms with Crippen molar-refractivity contribution in [2.24, 2.45) is 33.5 Å². The minimum atomic E-state index is 0.0455. The fraction of sp³-hybridized carbons (Fsp3) is 0.950. The highest BCUT2D eigenvalue weighted by Crippen LogP contribution is 2.72. The first-order valence-corrected chi connectivity index (χ1v) is 9.25. The van der Waals surface area contributed by atoms with Gasteiger partial charge < -0.3 is 0 Å². The van der Waals surface area contributed by atoms with E-state index in [1.54, 1.807) is 0 Å². The highest BCUT2D eigenvalue weighted by Gasteiger charge is 2.66. The molecule has 4 saturated carbocycles. The van der Waals surface area contributed by atoms with E-state index < -0.39 is 0 Å². The molecule has 0 aromatic rings. The first-order valence-electron chi connectivity index (χ1n) is 9.25. The highest BCUT2D eigenvalue weighted by molar-refractivity contribution is 5.88. The molecular weight excluding hydrogens is 256 g/mol. The summed E-state index contributed by atoms with van der Waals surface area (Å²) < 4.78 is 0. The molecule has 1 heteroatoms. The third kappa shape index (κ3) is 1.67. The zero-order valence-corrected chi connectivity index (χ0v) is 14.4. The van der Waals surface area contributed by atoms with Crippen molar-refractivity contribution in [3.8, 4) is 0 Å². The molecule has 0 aromatic carbocycles. The summed E-state index contributed by atoms with van der Waals surface area (Å²) in [7, 11) is 0. The summed E-state index contributed by atoms with van der Waals surface area (Å²) in [6.45, 7) is 9.90. The molecular formula is C20H32O. The van der Waals surface area contributed by atoms with Crippen LogP contribution in [0.1, 0.15) is 85.5 Å². The maximum absolute atomic E-state index is 12.6. The molecule has 0 N–H and O–H groups in total. The van der Waals surface area contributed by atoms with E-state index >= 15 is 0 Å². The van der Waals surface area contributed by atoms with Crippen LogP contribution >= 0.6 is 0 Å². The zero-order chi connectivity index (χ0) is 15.1. The van der Waals surface area contributed by atoms with Crippen LogP contribution in [-0.2, 0) is 4.79 Å². The molecule has 0 amide bonds. The monoisotopic (exact) mass is 288 g/mol. The largest absolute Gasteiger partial charge is 0.299 e. The Morgan fingerprint density at radius 1 is 0.905 bits per heavy atom. The zero-order valence-electron chi connectivity index (χ0n) is 14.4. The van der Waals surface area contributed by atoms with Crippen LogP contribution in [0.4, 0.5) is 0 Å². The summed E-state index contributed by atoms with van der Waals surface area (Å²) >= 11 is 0. The van der Waals surface area contributed by atoms with Crippen LogP contribution in [-0.4, -0.2) is 5.78 Å². The van der Waals surface area contributed by atoms with Crippen molar-refractivity contribution in [1.82, 2.24) is 0 Å². The second-order valence-corrected chi connectivity index (χ2v) is 10.2. The van der Waals surface area contributed by atoms with E-state index in [9.17, 15) is 4.79 Å². The summed E-state index contributed by atoms with van der Waals surface area (Å²) in [5.41, 5.74) is 1.45. The van der Waals surface area contributed by atoms with Crippen molar-refractivity contribution < 1.29 is 4.79 Å². The Hall–Kier alpha value is -0.330. The van der Waals surface area contributed by atoms with Gasteiger partial charge in [0, 0.05) is 11.8 Å². The number of ketones is 1.